The summed E-state index contributed by atoms with van der Waals surface area (Å²) >= 11 is 7.12. The number of esters is 2. The standard InChI is InChI=1S/C25H23N3O2.C24H24N2O2.C17H16BrNO2.C9H10BrN.C9H10O2/c26-28-27-16-21-9-4-5-11-22(21)24-12-6-10-19-15-20(13-14-23(19)24)25(29)30-17-18-7-2-1-3-8-18;25-15-19-9-4-5-11-21(19)23-12-6-10-20-16-26(14-13-22(20)23)24(27)28-17-18-7-2-1-3-8-18;18-16-8-4-7-14-11-19(10-9-15(14)16)17(20)21-12-13-5-2-1-3-6-13;10-9-3-1-2-7-6-11-5-4-8(7)9;1-8(10)11-7-9-5-3-2-4-6-9/h1-12,20H,13-17H2;1-12H,13-17,25H2;1-8H,9-12H2;1-3,11H,4-6H2;2-6H,7H2,1H3. The highest BCUT2D eigenvalue weighted by Crippen LogP contribution is 2.37. The number of carbonyl (C=O) groups is 4. The smallest absolute Gasteiger partial charge is 0.410 e. The van der Waals surface area contributed by atoms with E-state index >= 15 is 0 Å². The van der Waals surface area contributed by atoms with E-state index in [9.17, 15) is 19.2 Å². The van der Waals surface area contributed by atoms with E-state index in [1.165, 1.54) is 67.0 Å². The Balaban J connectivity index is 0.000000143. The molecule has 0 radical (unpaired) electrons. The molecule has 4 aliphatic rings. The molecule has 3 N–H and O–H groups in total. The Bertz CT molecular complexity index is 4430. The predicted molar refractivity (Wildman–Crippen MR) is 403 cm³/mol. The summed E-state index contributed by atoms with van der Waals surface area (Å²) in [5, 5.41) is 7.09. The van der Waals surface area contributed by atoms with Crippen LogP contribution in [-0.4, -0.2) is 53.6 Å². The molecule has 14 rings (SSSR count). The van der Waals surface area contributed by atoms with Gasteiger partial charge in [0.15, 0.2) is 0 Å². The number of halogens is 2. The molecular weight excluding hydrogens is 1390 g/mol. The second-order valence-corrected chi connectivity index (χ2v) is 26.4. The van der Waals surface area contributed by atoms with E-state index in [0.717, 1.165) is 94.2 Å². The van der Waals surface area contributed by atoms with Crippen molar-refractivity contribution in [3.8, 4) is 22.3 Å². The van der Waals surface area contributed by atoms with Crippen molar-refractivity contribution in [3.63, 3.8) is 0 Å². The van der Waals surface area contributed by atoms with Gasteiger partial charge in [0.05, 0.1) is 12.5 Å². The highest BCUT2D eigenvalue weighted by molar-refractivity contribution is 9.10. The quantitative estimate of drug-likeness (QED) is 0.0347. The first-order valence-corrected chi connectivity index (χ1v) is 35.6. The van der Waals surface area contributed by atoms with Crippen LogP contribution in [0, 0.1) is 5.92 Å². The van der Waals surface area contributed by atoms with Crippen LogP contribution >= 0.6 is 31.9 Å². The van der Waals surface area contributed by atoms with Crippen molar-refractivity contribution in [2.24, 2.45) is 16.8 Å². The molecule has 1 atom stereocenters. The Hall–Kier alpha value is -10.1. The normalized spacial score (nSPS) is 13.7. The van der Waals surface area contributed by atoms with Crippen molar-refractivity contribution in [2.75, 3.05) is 19.6 Å². The minimum Gasteiger partial charge on any atom is -0.461 e. The van der Waals surface area contributed by atoms with Gasteiger partial charge in [-0.3, -0.25) is 9.59 Å². The fourth-order valence-corrected chi connectivity index (χ4v) is 13.9. The van der Waals surface area contributed by atoms with Crippen LogP contribution in [0.4, 0.5) is 9.59 Å². The topological polar surface area (TPSA) is 198 Å². The fraction of sp³-hybridized carbons (Fsp3) is 0.238. The Labute approximate surface area is 608 Å². The summed E-state index contributed by atoms with van der Waals surface area (Å²) in [6.45, 7) is 8.21. The molecule has 1 unspecified atom stereocenters. The van der Waals surface area contributed by atoms with E-state index in [4.69, 9.17) is 30.2 Å². The van der Waals surface area contributed by atoms with Gasteiger partial charge >= 0.3 is 24.1 Å². The van der Waals surface area contributed by atoms with Crippen LogP contribution in [0.1, 0.15) is 91.2 Å². The summed E-state index contributed by atoms with van der Waals surface area (Å²) in [5.74, 6) is -0.484. The van der Waals surface area contributed by atoms with Crippen LogP contribution in [0.25, 0.3) is 32.7 Å². The highest BCUT2D eigenvalue weighted by Gasteiger charge is 2.29. The lowest BCUT2D eigenvalue weighted by molar-refractivity contribution is -0.150. The first kappa shape index (κ1) is 73.6. The summed E-state index contributed by atoms with van der Waals surface area (Å²) in [7, 11) is 0. The number of azide groups is 1. The molecule has 0 spiro atoms. The third-order valence-electron chi connectivity index (χ3n) is 17.9. The summed E-state index contributed by atoms with van der Waals surface area (Å²) in [4.78, 5) is 54.2. The number of ether oxygens (including phenoxy) is 4. The third kappa shape index (κ3) is 21.4. The lowest BCUT2D eigenvalue weighted by Crippen LogP contribution is -2.36. The van der Waals surface area contributed by atoms with Gasteiger partial charge in [-0.2, -0.15) is 0 Å². The molecule has 3 aliphatic heterocycles. The maximum Gasteiger partial charge on any atom is 0.410 e. The number of benzene rings is 10. The van der Waals surface area contributed by atoms with Crippen LogP contribution < -0.4 is 11.1 Å². The van der Waals surface area contributed by atoms with Crippen LogP contribution in [0.3, 0.4) is 0 Å². The first-order valence-electron chi connectivity index (χ1n) is 34.0. The minimum absolute atomic E-state index is 0.116. The molecule has 0 bridgehead atoms. The van der Waals surface area contributed by atoms with Crippen molar-refractivity contribution in [1.82, 2.24) is 15.1 Å². The first-order chi connectivity index (χ1) is 49.4. The number of hydrogen-bond donors (Lipinski definition) is 2. The fourth-order valence-electron chi connectivity index (χ4n) is 12.7. The van der Waals surface area contributed by atoms with Gasteiger partial charge in [-0.25, -0.2) is 9.59 Å². The predicted octanol–water partition coefficient (Wildman–Crippen LogP) is 18.5. The maximum atomic E-state index is 12.6. The van der Waals surface area contributed by atoms with E-state index in [0.29, 0.717) is 72.1 Å². The number of nitrogens with one attached hydrogen (secondary N) is 1. The molecule has 17 heteroatoms. The lowest BCUT2D eigenvalue weighted by Gasteiger charge is -2.30. The summed E-state index contributed by atoms with van der Waals surface area (Å²) < 4.78 is 23.6. The van der Waals surface area contributed by atoms with Gasteiger partial charge in [-0.15, -0.1) is 0 Å². The average molecular weight is 1480 g/mol. The van der Waals surface area contributed by atoms with E-state index in [1.54, 1.807) is 9.80 Å². The van der Waals surface area contributed by atoms with Gasteiger partial charge in [-0.1, -0.05) is 267 Å². The van der Waals surface area contributed by atoms with Gasteiger partial charge in [0.1, 0.15) is 26.4 Å². The van der Waals surface area contributed by atoms with Crippen LogP contribution in [0.5, 0.6) is 0 Å². The van der Waals surface area contributed by atoms with Gasteiger partial charge < -0.3 is 39.8 Å². The molecular formula is C84H83Br2N7O8. The van der Waals surface area contributed by atoms with Gasteiger partial charge in [0, 0.05) is 60.0 Å². The highest BCUT2D eigenvalue weighted by atomic mass is 79.9. The zero-order valence-corrected chi connectivity index (χ0v) is 59.9. The molecule has 15 nitrogen and oxygen atoms in total. The van der Waals surface area contributed by atoms with Crippen LogP contribution in [0.2, 0.25) is 0 Å². The number of nitrogens with two attached hydrogens (primary N) is 1. The average Bonchev–Trinajstić information content (AvgIpc) is 0.795. The second-order valence-electron chi connectivity index (χ2n) is 24.7. The lowest BCUT2D eigenvalue weighted by atomic mass is 9.80. The molecule has 2 amide bonds. The van der Waals surface area contributed by atoms with E-state index in [2.05, 4.69) is 120 Å². The molecule has 10 aromatic rings. The number of nitrogens with zero attached hydrogens (tertiary/aromatic N) is 5. The Morgan fingerprint density at radius 3 is 1.41 bits per heavy atom. The molecule has 516 valence electrons. The zero-order chi connectivity index (χ0) is 70.6. The zero-order valence-electron chi connectivity index (χ0n) is 56.7. The van der Waals surface area contributed by atoms with Crippen molar-refractivity contribution in [3.05, 3.63) is 340 Å². The van der Waals surface area contributed by atoms with E-state index in [-0.39, 0.29) is 30.0 Å². The number of carbonyl (C=O) groups excluding carboxylic acids is 4. The monoisotopic (exact) mass is 1480 g/mol. The minimum atomic E-state index is -0.262. The summed E-state index contributed by atoms with van der Waals surface area (Å²) in [5.41, 5.74) is 35.8. The molecule has 0 saturated heterocycles. The number of amides is 2. The maximum absolute atomic E-state index is 12.6. The van der Waals surface area contributed by atoms with E-state index in [1.807, 2.05) is 170 Å². The van der Waals surface area contributed by atoms with Gasteiger partial charge in [-0.05, 0) is 163 Å². The van der Waals surface area contributed by atoms with Gasteiger partial charge in [0.2, 0.25) is 0 Å². The number of fused-ring (bicyclic) bond motifs is 4. The molecule has 10 aromatic carbocycles. The summed E-state index contributed by atoms with van der Waals surface area (Å²) in [6.07, 6.45) is 4.60. The molecule has 0 saturated carbocycles. The number of rotatable bonds is 14. The van der Waals surface area contributed by atoms with Crippen molar-refractivity contribution >= 4 is 56.0 Å². The third-order valence-corrected chi connectivity index (χ3v) is 19.4. The van der Waals surface area contributed by atoms with Crippen LogP contribution in [0.15, 0.2) is 257 Å². The van der Waals surface area contributed by atoms with Crippen LogP contribution in [-0.2, 0) is 120 Å². The van der Waals surface area contributed by atoms with Crippen molar-refractivity contribution in [2.45, 2.75) is 105 Å². The Morgan fingerprint density at radius 2 is 0.891 bits per heavy atom. The molecule has 1 aliphatic carbocycles. The SMILES string of the molecule is Brc1cccc2c1CCNC2.CC(=O)OCc1ccccc1.NCc1ccccc1-c1cccc2c1CCN(C(=O)OCc1ccccc1)C2.O=C(OCc1ccccc1)N1CCc2c(Br)cccc2C1.[N-]=[N+]=NCc1ccccc1-c1cccc2c1CCC(C(=O)OCc1ccccc1)C2. The van der Waals surface area contributed by atoms with Crippen molar-refractivity contribution < 1.29 is 38.1 Å². The van der Waals surface area contributed by atoms with Gasteiger partial charge in [0.25, 0.3) is 0 Å². The molecule has 0 fully saturated rings. The molecule has 0 aromatic heterocycles. The summed E-state index contributed by atoms with van der Waals surface area (Å²) in [6, 6.07) is 80.2. The largest absolute Gasteiger partial charge is 0.461 e. The van der Waals surface area contributed by atoms with E-state index < -0.39 is 0 Å². The molecule has 101 heavy (non-hydrogen) atoms. The molecule has 3 heterocycles. The second kappa shape index (κ2) is 38.4. The van der Waals surface area contributed by atoms with Crippen molar-refractivity contribution in [1.29, 1.82) is 0 Å². The number of hydrogen-bond acceptors (Lipinski definition) is 11. The Morgan fingerprint density at radius 1 is 0.475 bits per heavy atom. The Kier molecular flexibility index (Phi) is 28.0.